The van der Waals surface area contributed by atoms with Crippen LogP contribution in [-0.2, 0) is 11.2 Å². The van der Waals surface area contributed by atoms with Crippen LogP contribution in [0.25, 0.3) is 10.2 Å². The Morgan fingerprint density at radius 3 is 2.70 bits per heavy atom. The van der Waals surface area contributed by atoms with Crippen LogP contribution in [-0.4, -0.2) is 37.1 Å². The summed E-state index contributed by atoms with van der Waals surface area (Å²) in [4.78, 5) is 19.6. The second kappa shape index (κ2) is 9.64. The number of piperidine rings is 1. The summed E-state index contributed by atoms with van der Waals surface area (Å²) in [5.41, 5.74) is 2.21. The van der Waals surface area contributed by atoms with E-state index in [2.05, 4.69) is 22.2 Å². The molecule has 154 valence electrons. The molecule has 1 saturated heterocycles. The molecule has 5 nitrogen and oxygen atoms in total. The predicted molar refractivity (Wildman–Crippen MR) is 122 cm³/mol. The molecule has 0 unspecified atom stereocenters. The lowest BCUT2D eigenvalue weighted by atomic mass is 9.96. The Kier molecular flexibility index (Phi) is 6.50. The van der Waals surface area contributed by atoms with Gasteiger partial charge in [0.05, 0.1) is 10.2 Å². The van der Waals surface area contributed by atoms with E-state index < -0.39 is 0 Å². The molecule has 30 heavy (non-hydrogen) atoms. The smallest absolute Gasteiger partial charge is 0.223 e. The molecule has 1 aliphatic heterocycles. The Morgan fingerprint density at radius 2 is 1.97 bits per heavy atom. The molecule has 6 heteroatoms. The summed E-state index contributed by atoms with van der Waals surface area (Å²) < 4.78 is 6.59. The van der Waals surface area contributed by atoms with Gasteiger partial charge in [0.25, 0.3) is 0 Å². The maximum absolute atomic E-state index is 12.6. The van der Waals surface area contributed by atoms with Crippen molar-refractivity contribution in [3.8, 4) is 18.1 Å². The van der Waals surface area contributed by atoms with Crippen LogP contribution in [0.15, 0.2) is 48.5 Å². The van der Waals surface area contributed by atoms with E-state index in [1.807, 2.05) is 42.5 Å². The molecule has 1 N–H and O–H groups in total. The number of benzene rings is 2. The van der Waals surface area contributed by atoms with Gasteiger partial charge in [0.15, 0.2) is 5.13 Å². The minimum Gasteiger partial charge on any atom is -0.481 e. The van der Waals surface area contributed by atoms with Crippen molar-refractivity contribution in [3.05, 3.63) is 54.1 Å². The zero-order valence-corrected chi connectivity index (χ0v) is 17.7. The first-order valence-corrected chi connectivity index (χ1v) is 11.1. The van der Waals surface area contributed by atoms with Crippen molar-refractivity contribution in [1.29, 1.82) is 0 Å². The average Bonchev–Trinajstić information content (AvgIpc) is 3.23. The van der Waals surface area contributed by atoms with Crippen molar-refractivity contribution < 1.29 is 9.53 Å². The molecular formula is C24H25N3O2S. The lowest BCUT2D eigenvalue weighted by molar-refractivity contribution is -0.125. The van der Waals surface area contributed by atoms with Gasteiger partial charge in [0.1, 0.15) is 12.4 Å². The molecule has 1 aromatic heterocycles. The molecule has 1 amide bonds. The first kappa shape index (κ1) is 20.2. The highest BCUT2D eigenvalue weighted by Crippen LogP contribution is 2.31. The molecular weight excluding hydrogens is 394 g/mol. The van der Waals surface area contributed by atoms with Crippen molar-refractivity contribution in [2.45, 2.75) is 19.3 Å². The first-order valence-electron chi connectivity index (χ1n) is 10.3. The largest absolute Gasteiger partial charge is 0.481 e. The van der Waals surface area contributed by atoms with Crippen molar-refractivity contribution in [2.24, 2.45) is 5.92 Å². The van der Waals surface area contributed by atoms with Crippen LogP contribution < -0.4 is 15.0 Å². The predicted octanol–water partition coefficient (Wildman–Crippen LogP) is 3.88. The van der Waals surface area contributed by atoms with Crippen LogP contribution in [0.3, 0.4) is 0 Å². The third-order valence-electron chi connectivity index (χ3n) is 5.38. The second-order valence-electron chi connectivity index (χ2n) is 7.40. The van der Waals surface area contributed by atoms with Crippen LogP contribution in [0, 0.1) is 18.3 Å². The van der Waals surface area contributed by atoms with Gasteiger partial charge in [0.2, 0.25) is 5.91 Å². The third-order valence-corrected chi connectivity index (χ3v) is 6.47. The summed E-state index contributed by atoms with van der Waals surface area (Å²) in [6.45, 7) is 2.66. The van der Waals surface area contributed by atoms with Gasteiger partial charge in [0, 0.05) is 25.6 Å². The number of carbonyl (C=O) groups excluding carboxylic acids is 1. The number of amides is 1. The minimum atomic E-state index is 0.0789. The maximum atomic E-state index is 12.6. The number of thiazole rings is 1. The van der Waals surface area contributed by atoms with Gasteiger partial charge in [-0.05, 0) is 49.1 Å². The third kappa shape index (κ3) is 4.92. The van der Waals surface area contributed by atoms with Crippen LogP contribution in [0.4, 0.5) is 5.13 Å². The average molecular weight is 420 g/mol. The van der Waals surface area contributed by atoms with E-state index in [-0.39, 0.29) is 18.4 Å². The molecule has 0 bridgehead atoms. The standard InChI is InChI=1S/C24H25N3O2S/c1-2-17-29-20-9-7-18(8-10-20)11-14-25-23(28)19-12-15-27(16-13-19)24-26-21-5-3-4-6-22(21)30-24/h1,3-10,19H,11-17H2,(H,25,28). The Balaban J connectivity index is 1.21. The van der Waals surface area contributed by atoms with Crippen molar-refractivity contribution in [3.63, 3.8) is 0 Å². The van der Waals surface area contributed by atoms with Gasteiger partial charge in [-0.2, -0.15) is 0 Å². The van der Waals surface area contributed by atoms with Crippen LogP contribution in [0.1, 0.15) is 18.4 Å². The highest BCUT2D eigenvalue weighted by molar-refractivity contribution is 7.22. The van der Waals surface area contributed by atoms with Crippen molar-refractivity contribution in [2.75, 3.05) is 31.1 Å². The Labute approximate surface area is 181 Å². The molecule has 0 aliphatic carbocycles. The van der Waals surface area contributed by atoms with Gasteiger partial charge in [-0.25, -0.2) is 4.98 Å². The number of terminal acetylenes is 1. The van der Waals surface area contributed by atoms with Crippen LogP contribution in [0.2, 0.25) is 0 Å². The number of carbonyl (C=O) groups is 1. The number of ether oxygens (including phenoxy) is 1. The van der Waals surface area contributed by atoms with E-state index in [0.717, 1.165) is 54.3 Å². The molecule has 0 radical (unpaired) electrons. The molecule has 4 rings (SSSR count). The number of hydrogen-bond donors (Lipinski definition) is 1. The number of para-hydroxylation sites is 1. The van der Waals surface area contributed by atoms with E-state index in [4.69, 9.17) is 16.1 Å². The molecule has 0 atom stereocenters. The molecule has 1 aliphatic rings. The van der Waals surface area contributed by atoms with E-state index in [1.54, 1.807) is 11.3 Å². The number of aromatic nitrogens is 1. The normalized spacial score (nSPS) is 14.4. The van der Waals surface area contributed by atoms with Gasteiger partial charge < -0.3 is 15.0 Å². The van der Waals surface area contributed by atoms with E-state index >= 15 is 0 Å². The van der Waals surface area contributed by atoms with E-state index in [0.29, 0.717) is 6.54 Å². The summed E-state index contributed by atoms with van der Waals surface area (Å²) in [6, 6.07) is 16.1. The van der Waals surface area contributed by atoms with Gasteiger partial charge in [-0.15, -0.1) is 6.42 Å². The van der Waals surface area contributed by atoms with Gasteiger partial charge in [-0.3, -0.25) is 4.79 Å². The number of anilines is 1. The minimum absolute atomic E-state index is 0.0789. The Hall–Kier alpha value is -3.04. The van der Waals surface area contributed by atoms with Gasteiger partial charge in [-0.1, -0.05) is 41.5 Å². The molecule has 2 heterocycles. The first-order chi connectivity index (χ1) is 14.7. The molecule has 0 spiro atoms. The fraction of sp³-hybridized carbons (Fsp3) is 0.333. The summed E-state index contributed by atoms with van der Waals surface area (Å²) in [5, 5.41) is 4.16. The molecule has 0 saturated carbocycles. The van der Waals surface area contributed by atoms with Crippen LogP contribution in [0.5, 0.6) is 5.75 Å². The summed E-state index contributed by atoms with van der Waals surface area (Å²) in [6.07, 6.45) is 7.72. The number of nitrogens with one attached hydrogen (secondary N) is 1. The SMILES string of the molecule is C#CCOc1ccc(CCNC(=O)C2CCN(c3nc4ccccc4s3)CC2)cc1. The lowest BCUT2D eigenvalue weighted by Gasteiger charge is -2.31. The quantitative estimate of drug-likeness (QED) is 0.591. The number of hydrogen-bond acceptors (Lipinski definition) is 5. The zero-order valence-electron chi connectivity index (χ0n) is 16.8. The summed E-state index contributed by atoms with van der Waals surface area (Å²) >= 11 is 1.73. The highest BCUT2D eigenvalue weighted by Gasteiger charge is 2.26. The lowest BCUT2D eigenvalue weighted by Crippen LogP contribution is -2.41. The summed E-state index contributed by atoms with van der Waals surface area (Å²) in [7, 11) is 0. The number of fused-ring (bicyclic) bond motifs is 1. The van der Waals surface area contributed by atoms with E-state index in [1.165, 1.54) is 4.70 Å². The maximum Gasteiger partial charge on any atom is 0.223 e. The topological polar surface area (TPSA) is 54.5 Å². The van der Waals surface area contributed by atoms with Crippen molar-refractivity contribution >= 4 is 32.6 Å². The molecule has 2 aromatic carbocycles. The van der Waals surface area contributed by atoms with E-state index in [9.17, 15) is 4.79 Å². The Morgan fingerprint density at radius 1 is 1.20 bits per heavy atom. The summed E-state index contributed by atoms with van der Waals surface area (Å²) in [5.74, 6) is 3.45. The fourth-order valence-corrected chi connectivity index (χ4v) is 4.70. The molecule has 3 aromatic rings. The second-order valence-corrected chi connectivity index (χ2v) is 8.41. The van der Waals surface area contributed by atoms with Gasteiger partial charge >= 0.3 is 0 Å². The Bertz CT molecular complexity index is 998. The van der Waals surface area contributed by atoms with Crippen LogP contribution >= 0.6 is 11.3 Å². The number of nitrogens with zero attached hydrogens (tertiary/aromatic N) is 2. The van der Waals surface area contributed by atoms with Crippen molar-refractivity contribution in [1.82, 2.24) is 10.3 Å². The fourth-order valence-electron chi connectivity index (χ4n) is 3.68. The molecule has 1 fully saturated rings. The highest BCUT2D eigenvalue weighted by atomic mass is 32.1. The zero-order chi connectivity index (χ0) is 20.8. The monoisotopic (exact) mass is 419 g/mol. The number of rotatable bonds is 7.